The summed E-state index contributed by atoms with van der Waals surface area (Å²) in [6.45, 7) is 3.11. The Hall–Kier alpha value is -2.42. The van der Waals surface area contributed by atoms with Crippen LogP contribution in [0, 0.1) is 0 Å². The van der Waals surface area contributed by atoms with Crippen LogP contribution in [-0.2, 0) is 13.6 Å². The summed E-state index contributed by atoms with van der Waals surface area (Å²) in [5, 5.41) is 0. The van der Waals surface area contributed by atoms with Crippen molar-refractivity contribution in [3.63, 3.8) is 0 Å². The Morgan fingerprint density at radius 1 is 1.38 bits per heavy atom. The minimum Gasteiger partial charge on any atom is -0.463 e. The van der Waals surface area contributed by atoms with Crippen molar-refractivity contribution in [1.82, 2.24) is 24.5 Å². The zero-order valence-electron chi connectivity index (χ0n) is 12.4. The van der Waals surface area contributed by atoms with E-state index in [-0.39, 0.29) is 12.0 Å². The summed E-state index contributed by atoms with van der Waals surface area (Å²) in [7, 11) is 3.81. The van der Waals surface area contributed by atoms with Crippen LogP contribution in [0.2, 0.25) is 0 Å². The largest absolute Gasteiger partial charge is 0.463 e. The van der Waals surface area contributed by atoms with Gasteiger partial charge >= 0.3 is 6.01 Å². The molecule has 9 nitrogen and oxygen atoms in total. The van der Waals surface area contributed by atoms with Crippen LogP contribution in [0.4, 0.5) is 11.9 Å². The van der Waals surface area contributed by atoms with Crippen molar-refractivity contribution in [2.75, 3.05) is 24.0 Å². The number of nitrogens with one attached hydrogen (secondary N) is 1. The highest BCUT2D eigenvalue weighted by Gasteiger charge is 2.13. The summed E-state index contributed by atoms with van der Waals surface area (Å²) in [6, 6.07) is 0.251. The average Bonchev–Trinajstić information content (AvgIpc) is 2.90. The molecule has 2 aromatic rings. The van der Waals surface area contributed by atoms with Crippen LogP contribution in [0.3, 0.4) is 0 Å². The van der Waals surface area contributed by atoms with Gasteiger partial charge < -0.3 is 14.2 Å². The van der Waals surface area contributed by atoms with Crippen molar-refractivity contribution in [3.05, 3.63) is 18.2 Å². The molecule has 0 aliphatic carbocycles. The molecule has 0 atom stereocenters. The monoisotopic (exact) mass is 292 g/mol. The lowest BCUT2D eigenvalue weighted by atomic mass is 10.5. The number of nitrogens with zero attached hydrogens (tertiary/aromatic N) is 6. The van der Waals surface area contributed by atoms with Gasteiger partial charge in [-0.05, 0) is 6.42 Å². The maximum absolute atomic E-state index is 5.44. The third-order valence-corrected chi connectivity index (χ3v) is 2.81. The maximum Gasteiger partial charge on any atom is 0.323 e. The van der Waals surface area contributed by atoms with Crippen LogP contribution in [0.5, 0.6) is 6.01 Å². The summed E-state index contributed by atoms with van der Waals surface area (Å²) < 4.78 is 7.38. The van der Waals surface area contributed by atoms with E-state index in [1.807, 2.05) is 36.7 Å². The predicted molar refractivity (Wildman–Crippen MR) is 78.7 cm³/mol. The minimum absolute atomic E-state index is 0.251. The second-order valence-electron chi connectivity index (χ2n) is 4.54. The molecule has 0 amide bonds. The highest BCUT2D eigenvalue weighted by atomic mass is 16.5. The smallest absolute Gasteiger partial charge is 0.323 e. The van der Waals surface area contributed by atoms with E-state index < -0.39 is 0 Å². The van der Waals surface area contributed by atoms with Gasteiger partial charge in [0.2, 0.25) is 11.9 Å². The lowest BCUT2D eigenvalue weighted by Crippen LogP contribution is -2.23. The third kappa shape index (κ3) is 3.78. The topological polar surface area (TPSA) is 107 Å². The number of ether oxygens (including phenoxy) is 1. The zero-order valence-corrected chi connectivity index (χ0v) is 12.4. The molecule has 0 saturated carbocycles. The number of hydrogen-bond donors (Lipinski definition) is 2. The highest BCUT2D eigenvalue weighted by molar-refractivity contribution is 5.37. The second-order valence-corrected chi connectivity index (χ2v) is 4.54. The summed E-state index contributed by atoms with van der Waals surface area (Å²) in [6.07, 6.45) is 4.51. The van der Waals surface area contributed by atoms with Crippen LogP contribution in [0.1, 0.15) is 19.2 Å². The molecule has 0 aliphatic rings. The number of nitrogen functional groups attached to an aromatic ring is 1. The van der Waals surface area contributed by atoms with Gasteiger partial charge in [-0.25, -0.2) is 10.8 Å². The van der Waals surface area contributed by atoms with Gasteiger partial charge in [-0.2, -0.15) is 15.0 Å². The van der Waals surface area contributed by atoms with E-state index in [2.05, 4.69) is 25.4 Å². The maximum atomic E-state index is 5.44. The van der Waals surface area contributed by atoms with E-state index in [1.165, 1.54) is 0 Å². The second kappa shape index (κ2) is 6.84. The fourth-order valence-corrected chi connectivity index (χ4v) is 1.67. The molecule has 0 spiro atoms. The normalized spacial score (nSPS) is 10.5. The average molecular weight is 292 g/mol. The molecule has 0 fully saturated rings. The van der Waals surface area contributed by atoms with Crippen molar-refractivity contribution in [1.29, 1.82) is 0 Å². The molecule has 21 heavy (non-hydrogen) atoms. The predicted octanol–water partition coefficient (Wildman–Crippen LogP) is 0.316. The summed E-state index contributed by atoms with van der Waals surface area (Å²) in [5.41, 5.74) is 2.42. The van der Waals surface area contributed by atoms with E-state index in [0.29, 0.717) is 19.1 Å². The zero-order chi connectivity index (χ0) is 15.2. The Morgan fingerprint density at radius 3 is 2.81 bits per heavy atom. The van der Waals surface area contributed by atoms with Crippen molar-refractivity contribution >= 4 is 11.9 Å². The number of anilines is 2. The van der Waals surface area contributed by atoms with Gasteiger partial charge in [0.1, 0.15) is 5.82 Å². The Morgan fingerprint density at radius 2 is 2.19 bits per heavy atom. The number of hydrazine groups is 1. The van der Waals surface area contributed by atoms with Gasteiger partial charge in [0.25, 0.3) is 0 Å². The molecule has 0 aliphatic heterocycles. The van der Waals surface area contributed by atoms with E-state index >= 15 is 0 Å². The molecule has 9 heteroatoms. The molecule has 2 rings (SSSR count). The standard InChI is InChI=1S/C12H20N8O/c1-4-7-21-12-16-10(18-13)15-11(17-12)20(3)8-9-14-5-6-19(9)2/h5-6H,4,7-8,13H2,1-3H3,(H,15,16,17,18). The molecule has 0 unspecified atom stereocenters. The Kier molecular flexibility index (Phi) is 4.88. The molecule has 0 radical (unpaired) electrons. The molecule has 0 saturated heterocycles. The first kappa shape index (κ1) is 15.0. The van der Waals surface area contributed by atoms with Crippen molar-refractivity contribution < 1.29 is 4.74 Å². The molecule has 0 bridgehead atoms. The van der Waals surface area contributed by atoms with E-state index in [9.17, 15) is 0 Å². The van der Waals surface area contributed by atoms with Gasteiger partial charge in [0.05, 0.1) is 13.2 Å². The molecular weight excluding hydrogens is 272 g/mol. The van der Waals surface area contributed by atoms with Crippen molar-refractivity contribution in [2.45, 2.75) is 19.9 Å². The van der Waals surface area contributed by atoms with Gasteiger partial charge in [0, 0.05) is 26.5 Å². The van der Waals surface area contributed by atoms with Crippen molar-refractivity contribution in [2.24, 2.45) is 12.9 Å². The van der Waals surface area contributed by atoms with Gasteiger partial charge in [-0.1, -0.05) is 6.92 Å². The van der Waals surface area contributed by atoms with E-state index in [1.54, 1.807) is 6.20 Å². The minimum atomic E-state index is 0.251. The van der Waals surface area contributed by atoms with Crippen LogP contribution in [-0.4, -0.2) is 38.2 Å². The summed E-state index contributed by atoms with van der Waals surface area (Å²) >= 11 is 0. The first-order valence-electron chi connectivity index (χ1n) is 6.66. The Bertz CT molecular complexity index is 584. The van der Waals surface area contributed by atoms with Gasteiger partial charge in [-0.3, -0.25) is 5.43 Å². The first-order chi connectivity index (χ1) is 10.1. The molecule has 114 valence electrons. The molecule has 0 aromatic carbocycles. The first-order valence-corrected chi connectivity index (χ1v) is 6.66. The molecular formula is C12H20N8O. The Labute approximate surface area is 123 Å². The molecule has 3 N–H and O–H groups in total. The number of rotatable bonds is 7. The number of hydrogen-bond acceptors (Lipinski definition) is 8. The lowest BCUT2D eigenvalue weighted by Gasteiger charge is -2.17. The number of aromatic nitrogens is 5. The van der Waals surface area contributed by atoms with E-state index in [0.717, 1.165) is 12.2 Å². The Balaban J connectivity index is 2.18. The van der Waals surface area contributed by atoms with Gasteiger partial charge in [0.15, 0.2) is 0 Å². The molecule has 2 aromatic heterocycles. The van der Waals surface area contributed by atoms with Crippen LogP contribution in [0.15, 0.2) is 12.4 Å². The fraction of sp³-hybridized carbons (Fsp3) is 0.500. The summed E-state index contributed by atoms with van der Waals surface area (Å²) in [5.74, 6) is 7.01. The molecule has 2 heterocycles. The lowest BCUT2D eigenvalue weighted by molar-refractivity contribution is 0.292. The van der Waals surface area contributed by atoms with Crippen LogP contribution >= 0.6 is 0 Å². The van der Waals surface area contributed by atoms with Crippen LogP contribution < -0.4 is 20.9 Å². The third-order valence-electron chi connectivity index (χ3n) is 2.81. The SMILES string of the molecule is CCCOc1nc(NN)nc(N(C)Cc2nccn2C)n1. The fourth-order valence-electron chi connectivity index (χ4n) is 1.67. The van der Waals surface area contributed by atoms with E-state index in [4.69, 9.17) is 10.6 Å². The summed E-state index contributed by atoms with van der Waals surface area (Å²) in [4.78, 5) is 18.7. The van der Waals surface area contributed by atoms with Crippen molar-refractivity contribution in [3.8, 4) is 6.01 Å². The van der Waals surface area contributed by atoms with Crippen LogP contribution in [0.25, 0.3) is 0 Å². The van der Waals surface area contributed by atoms with Gasteiger partial charge in [-0.15, -0.1) is 0 Å². The number of aryl methyl sites for hydroxylation is 1. The number of imidazole rings is 1. The number of nitrogens with two attached hydrogens (primary N) is 1. The highest BCUT2D eigenvalue weighted by Crippen LogP contribution is 2.15. The quantitative estimate of drug-likeness (QED) is 0.555.